The average molecular weight is 419 g/mol. The number of benzene rings is 1. The number of ether oxygens (including phenoxy) is 1. The van der Waals surface area contributed by atoms with Crippen molar-refractivity contribution in [2.24, 2.45) is 0 Å². The second kappa shape index (κ2) is 9.42. The number of anilines is 1. The molecule has 1 saturated heterocycles. The molecular formula is C21H21N7O3. The summed E-state index contributed by atoms with van der Waals surface area (Å²) in [6, 6.07) is 9.69. The third-order valence-electron chi connectivity index (χ3n) is 5.05. The highest BCUT2D eigenvalue weighted by Gasteiger charge is 2.31. The molecule has 158 valence electrons. The Hall–Kier alpha value is -3.68. The Labute approximate surface area is 178 Å². The molecule has 2 aromatic heterocycles. The molecule has 10 heteroatoms. The van der Waals surface area contributed by atoms with Crippen molar-refractivity contribution in [3.05, 3.63) is 53.8 Å². The molecular weight excluding hydrogens is 398 g/mol. The molecule has 1 atom stereocenters. The highest BCUT2D eigenvalue weighted by Crippen LogP contribution is 2.33. The summed E-state index contributed by atoms with van der Waals surface area (Å²) in [5.74, 6) is 0.786. The lowest BCUT2D eigenvalue weighted by Crippen LogP contribution is -2.23. The fraction of sp³-hybridized carbons (Fsp3) is 0.333. The summed E-state index contributed by atoms with van der Waals surface area (Å²) in [7, 11) is 1.44. The van der Waals surface area contributed by atoms with Crippen molar-refractivity contribution in [3.8, 4) is 17.5 Å². The van der Waals surface area contributed by atoms with Crippen LogP contribution < -0.4 is 5.32 Å². The molecule has 1 aliphatic heterocycles. The van der Waals surface area contributed by atoms with Gasteiger partial charge in [0.15, 0.2) is 0 Å². The summed E-state index contributed by atoms with van der Waals surface area (Å²) in [6.45, 7) is 1.54. The molecule has 0 radical (unpaired) electrons. The summed E-state index contributed by atoms with van der Waals surface area (Å²) >= 11 is 0. The lowest BCUT2D eigenvalue weighted by molar-refractivity contribution is -0.119. The maximum absolute atomic E-state index is 11.9. The Morgan fingerprint density at radius 1 is 1.39 bits per heavy atom. The smallest absolute Gasteiger partial charge is 0.251 e. The van der Waals surface area contributed by atoms with Crippen molar-refractivity contribution in [3.63, 3.8) is 0 Å². The first-order valence-corrected chi connectivity index (χ1v) is 9.84. The number of nitrogens with zero attached hydrogens (tertiary/aromatic N) is 6. The van der Waals surface area contributed by atoms with Crippen LogP contribution >= 0.6 is 0 Å². The van der Waals surface area contributed by atoms with Crippen molar-refractivity contribution in [1.82, 2.24) is 25.0 Å². The van der Waals surface area contributed by atoms with Gasteiger partial charge in [-0.2, -0.15) is 10.2 Å². The zero-order valence-corrected chi connectivity index (χ0v) is 17.0. The van der Waals surface area contributed by atoms with Crippen molar-refractivity contribution in [2.45, 2.75) is 25.4 Å². The fourth-order valence-electron chi connectivity index (χ4n) is 3.59. The molecule has 0 unspecified atom stereocenters. The van der Waals surface area contributed by atoms with Crippen molar-refractivity contribution in [2.75, 3.05) is 25.6 Å². The van der Waals surface area contributed by atoms with Crippen LogP contribution in [0.3, 0.4) is 0 Å². The summed E-state index contributed by atoms with van der Waals surface area (Å²) in [5, 5.41) is 15.7. The number of hydrogen-bond donors (Lipinski definition) is 1. The van der Waals surface area contributed by atoms with E-state index in [1.807, 2.05) is 24.3 Å². The van der Waals surface area contributed by atoms with Crippen LogP contribution in [-0.4, -0.2) is 51.2 Å². The minimum atomic E-state index is -0.337. The number of nitriles is 1. The molecule has 0 bridgehead atoms. The average Bonchev–Trinajstić information content (AvgIpc) is 3.44. The predicted octanol–water partition coefficient (Wildman–Crippen LogP) is 2.32. The molecule has 0 spiro atoms. The van der Waals surface area contributed by atoms with E-state index in [0.29, 0.717) is 28.7 Å². The molecule has 0 saturated carbocycles. The monoisotopic (exact) mass is 419 g/mol. The largest absolute Gasteiger partial charge is 0.375 e. The van der Waals surface area contributed by atoms with Crippen LogP contribution in [-0.2, 0) is 16.1 Å². The van der Waals surface area contributed by atoms with Crippen LogP contribution in [0.4, 0.5) is 5.82 Å². The molecule has 31 heavy (non-hydrogen) atoms. The van der Waals surface area contributed by atoms with Gasteiger partial charge in [0, 0.05) is 19.9 Å². The first-order valence-electron chi connectivity index (χ1n) is 9.84. The zero-order valence-electron chi connectivity index (χ0n) is 17.0. The van der Waals surface area contributed by atoms with E-state index in [4.69, 9.17) is 14.5 Å². The van der Waals surface area contributed by atoms with Gasteiger partial charge in [-0.3, -0.25) is 9.69 Å². The van der Waals surface area contributed by atoms with Gasteiger partial charge in [-0.05, 0) is 37.1 Å². The number of rotatable bonds is 7. The topological polar surface area (TPSA) is 130 Å². The lowest BCUT2D eigenvalue weighted by atomic mass is 10.1. The van der Waals surface area contributed by atoms with Crippen molar-refractivity contribution in [1.29, 1.82) is 5.26 Å². The van der Waals surface area contributed by atoms with Gasteiger partial charge in [0.05, 0.1) is 23.2 Å². The Morgan fingerprint density at radius 2 is 2.23 bits per heavy atom. The van der Waals surface area contributed by atoms with Gasteiger partial charge in [0.1, 0.15) is 18.8 Å². The first-order chi connectivity index (χ1) is 15.2. The van der Waals surface area contributed by atoms with E-state index in [9.17, 15) is 4.79 Å². The third kappa shape index (κ3) is 4.74. The van der Waals surface area contributed by atoms with E-state index in [1.165, 1.54) is 19.6 Å². The molecule has 1 N–H and O–H groups in total. The van der Waals surface area contributed by atoms with E-state index in [2.05, 4.69) is 36.4 Å². The number of hydrogen-bond acceptors (Lipinski definition) is 9. The van der Waals surface area contributed by atoms with Gasteiger partial charge in [-0.25, -0.2) is 9.97 Å². The standard InChI is InChI=1S/C21H21N7O3/c1-30-12-18(29)25-19-16(10-23-13-24-19)20-26-21(31-27-20)17-3-2-8-28(17)11-15-6-4-14(9-22)5-7-15/h4-7,10,13,17H,2-3,8,11-12H2,1H3,(H,23,24,25,29)/t17-/m1/s1. The highest BCUT2D eigenvalue weighted by atomic mass is 16.5. The quantitative estimate of drug-likeness (QED) is 0.613. The highest BCUT2D eigenvalue weighted by molar-refractivity contribution is 5.93. The van der Waals surface area contributed by atoms with E-state index in [0.717, 1.165) is 31.5 Å². The van der Waals surface area contributed by atoms with E-state index in [1.54, 1.807) is 0 Å². The Balaban J connectivity index is 1.52. The molecule has 10 nitrogen and oxygen atoms in total. The zero-order chi connectivity index (χ0) is 21.6. The number of carbonyl (C=O) groups is 1. The van der Waals surface area contributed by atoms with E-state index < -0.39 is 0 Å². The van der Waals surface area contributed by atoms with E-state index in [-0.39, 0.29) is 18.6 Å². The van der Waals surface area contributed by atoms with Gasteiger partial charge in [-0.15, -0.1) is 0 Å². The van der Waals surface area contributed by atoms with Crippen molar-refractivity contribution >= 4 is 11.7 Å². The molecule has 1 aliphatic rings. The summed E-state index contributed by atoms with van der Waals surface area (Å²) in [5.41, 5.74) is 2.23. The van der Waals surface area contributed by atoms with Crippen LogP contribution in [0, 0.1) is 11.3 Å². The minimum absolute atomic E-state index is 0.00643. The normalized spacial score (nSPS) is 16.2. The van der Waals surface area contributed by atoms with Crippen LogP contribution in [0.15, 0.2) is 41.3 Å². The van der Waals surface area contributed by atoms with Gasteiger partial charge >= 0.3 is 0 Å². The summed E-state index contributed by atoms with van der Waals surface area (Å²) in [6.07, 6.45) is 4.79. The van der Waals surface area contributed by atoms with Crippen LogP contribution in [0.2, 0.25) is 0 Å². The minimum Gasteiger partial charge on any atom is -0.375 e. The van der Waals surface area contributed by atoms with Gasteiger partial charge in [0.2, 0.25) is 11.7 Å². The molecule has 1 fully saturated rings. The number of methoxy groups -OCH3 is 1. The van der Waals surface area contributed by atoms with Crippen molar-refractivity contribution < 1.29 is 14.1 Å². The molecule has 3 aromatic rings. The Kier molecular flexibility index (Phi) is 6.26. The molecule has 3 heterocycles. The number of likely N-dealkylation sites (tertiary alicyclic amines) is 1. The van der Waals surface area contributed by atoms with Gasteiger partial charge < -0.3 is 14.6 Å². The molecule has 0 aliphatic carbocycles. The van der Waals surface area contributed by atoms with Gasteiger partial charge in [-0.1, -0.05) is 17.3 Å². The first kappa shape index (κ1) is 20.6. The maximum Gasteiger partial charge on any atom is 0.251 e. The number of aromatic nitrogens is 4. The summed E-state index contributed by atoms with van der Waals surface area (Å²) in [4.78, 5) is 26.9. The number of amides is 1. The van der Waals surface area contributed by atoms with E-state index >= 15 is 0 Å². The maximum atomic E-state index is 11.9. The molecule has 1 aromatic carbocycles. The summed E-state index contributed by atoms with van der Waals surface area (Å²) < 4.78 is 10.4. The second-order valence-corrected chi connectivity index (χ2v) is 7.16. The van der Waals surface area contributed by atoms with Gasteiger partial charge in [0.25, 0.3) is 5.91 Å². The fourth-order valence-corrected chi connectivity index (χ4v) is 3.59. The third-order valence-corrected chi connectivity index (χ3v) is 5.05. The van der Waals surface area contributed by atoms with Crippen LogP contribution in [0.5, 0.6) is 0 Å². The number of carbonyl (C=O) groups excluding carboxylic acids is 1. The molecule has 1 amide bonds. The Bertz CT molecular complexity index is 1090. The SMILES string of the molecule is COCC(=O)Nc1ncncc1-c1noc([C@H]2CCCN2Cc2ccc(C#N)cc2)n1. The van der Waals surface area contributed by atoms with Crippen LogP contribution in [0.25, 0.3) is 11.4 Å². The second-order valence-electron chi connectivity index (χ2n) is 7.16. The Morgan fingerprint density at radius 3 is 3.00 bits per heavy atom. The molecule has 4 rings (SSSR count). The number of nitrogens with one attached hydrogen (secondary N) is 1. The predicted molar refractivity (Wildman–Crippen MR) is 109 cm³/mol. The lowest BCUT2D eigenvalue weighted by Gasteiger charge is -2.21. The van der Waals surface area contributed by atoms with Crippen LogP contribution in [0.1, 0.15) is 35.9 Å².